The fourth-order valence-corrected chi connectivity index (χ4v) is 1.35. The summed E-state index contributed by atoms with van der Waals surface area (Å²) in [5, 5.41) is 17.8. The van der Waals surface area contributed by atoms with Crippen LogP contribution in [0.3, 0.4) is 0 Å². The Bertz CT molecular complexity index is 587. The first-order chi connectivity index (χ1) is 9.90. The average Bonchev–Trinajstić information content (AvgIpc) is 2.97. The normalized spacial score (nSPS) is 13.0. The topological polar surface area (TPSA) is 101 Å². The predicted octanol–water partition coefficient (Wildman–Crippen LogP) is 0.434. The maximum absolute atomic E-state index is 12.2. The lowest BCUT2D eigenvalue weighted by atomic mass is 10.3. The van der Waals surface area contributed by atoms with Gasteiger partial charge in [0.15, 0.2) is 6.10 Å². The van der Waals surface area contributed by atoms with Crippen LogP contribution in [0, 0.1) is 0 Å². The van der Waals surface area contributed by atoms with Gasteiger partial charge in [-0.3, -0.25) is 0 Å². The first-order valence-electron chi connectivity index (χ1n) is 5.82. The summed E-state index contributed by atoms with van der Waals surface area (Å²) in [6.45, 7) is -0.769. The molecule has 0 aromatic carbocycles. The Hall–Kier alpha value is -2.43. The van der Waals surface area contributed by atoms with E-state index < -0.39 is 18.8 Å². The Morgan fingerprint density at radius 1 is 1.29 bits per heavy atom. The van der Waals surface area contributed by atoms with Crippen LogP contribution in [0.5, 0.6) is 0 Å². The summed E-state index contributed by atoms with van der Waals surface area (Å²) in [5.41, 5.74) is 0. The lowest BCUT2D eigenvalue weighted by Crippen LogP contribution is -2.35. The summed E-state index contributed by atoms with van der Waals surface area (Å²) in [5.74, 6) is 0.172. The summed E-state index contributed by atoms with van der Waals surface area (Å²) in [7, 11) is 1.55. The van der Waals surface area contributed by atoms with Crippen molar-refractivity contribution in [3.63, 3.8) is 0 Å². The number of alkyl halides is 3. The van der Waals surface area contributed by atoms with Crippen LogP contribution in [0.1, 0.15) is 0 Å². The molecule has 0 saturated heterocycles. The minimum absolute atomic E-state index is 0.108. The first kappa shape index (κ1) is 15.0. The second-order valence-corrected chi connectivity index (χ2v) is 3.92. The second-order valence-electron chi connectivity index (χ2n) is 3.92. The maximum atomic E-state index is 12.2. The van der Waals surface area contributed by atoms with E-state index >= 15 is 0 Å². The minimum atomic E-state index is -4.71. The van der Waals surface area contributed by atoms with Crippen molar-refractivity contribution in [2.45, 2.75) is 12.3 Å². The fourth-order valence-electron chi connectivity index (χ4n) is 1.35. The van der Waals surface area contributed by atoms with Gasteiger partial charge >= 0.3 is 6.18 Å². The van der Waals surface area contributed by atoms with Crippen molar-refractivity contribution in [1.82, 2.24) is 24.7 Å². The predicted molar refractivity (Wildman–Crippen MR) is 67.0 cm³/mol. The summed E-state index contributed by atoms with van der Waals surface area (Å²) in [6.07, 6.45) is -4.15. The van der Waals surface area contributed by atoms with Gasteiger partial charge in [-0.25, -0.2) is 4.68 Å². The van der Waals surface area contributed by atoms with Crippen LogP contribution >= 0.6 is 0 Å². The molecule has 0 aliphatic carbocycles. The quantitative estimate of drug-likeness (QED) is 0.736. The van der Waals surface area contributed by atoms with E-state index in [0.717, 1.165) is 0 Å². The SMILES string of the molecule is CNc1nc(NCC(O)C(F)(F)F)nc(-n2cccn2)n1. The molecule has 0 aliphatic heterocycles. The molecule has 3 N–H and O–H groups in total. The molecule has 2 rings (SSSR count). The van der Waals surface area contributed by atoms with Crippen LogP contribution < -0.4 is 10.6 Å². The van der Waals surface area contributed by atoms with Crippen LogP contribution in [-0.2, 0) is 0 Å². The highest BCUT2D eigenvalue weighted by molar-refractivity contribution is 5.37. The third-order valence-electron chi connectivity index (χ3n) is 2.39. The smallest absolute Gasteiger partial charge is 0.382 e. The molecule has 0 saturated carbocycles. The molecule has 1 atom stereocenters. The lowest BCUT2D eigenvalue weighted by Gasteiger charge is -2.15. The maximum Gasteiger partial charge on any atom is 0.416 e. The van der Waals surface area contributed by atoms with Crippen molar-refractivity contribution < 1.29 is 18.3 Å². The minimum Gasteiger partial charge on any atom is -0.382 e. The number of anilines is 2. The molecule has 11 heteroatoms. The molecule has 0 bridgehead atoms. The third-order valence-corrected chi connectivity index (χ3v) is 2.39. The Labute approximate surface area is 117 Å². The van der Waals surface area contributed by atoms with Crippen LogP contribution in [0.25, 0.3) is 5.95 Å². The van der Waals surface area contributed by atoms with Gasteiger partial charge in [-0.2, -0.15) is 33.2 Å². The van der Waals surface area contributed by atoms with Crippen molar-refractivity contribution >= 4 is 11.9 Å². The number of nitrogens with one attached hydrogen (secondary N) is 2. The van der Waals surface area contributed by atoms with Crippen molar-refractivity contribution in [2.24, 2.45) is 0 Å². The number of aliphatic hydroxyl groups excluding tert-OH is 1. The highest BCUT2D eigenvalue weighted by atomic mass is 19.4. The fraction of sp³-hybridized carbons (Fsp3) is 0.400. The molecule has 114 valence electrons. The molecule has 21 heavy (non-hydrogen) atoms. The number of rotatable bonds is 5. The second kappa shape index (κ2) is 5.91. The van der Waals surface area contributed by atoms with Crippen LogP contribution in [0.4, 0.5) is 25.1 Å². The zero-order valence-electron chi connectivity index (χ0n) is 10.8. The zero-order chi connectivity index (χ0) is 15.5. The molecule has 2 aromatic rings. The number of hydrogen-bond donors (Lipinski definition) is 3. The van der Waals surface area contributed by atoms with E-state index in [4.69, 9.17) is 5.11 Å². The molecule has 0 aliphatic rings. The van der Waals surface area contributed by atoms with E-state index in [-0.39, 0.29) is 17.8 Å². The molecular formula is C10H12F3N7O. The number of aliphatic hydroxyl groups is 1. The third kappa shape index (κ3) is 3.78. The highest BCUT2D eigenvalue weighted by Crippen LogP contribution is 2.20. The standard InChI is InChI=1S/C10H12F3N7O/c1-14-7-17-8(15-5-6(21)10(11,12)13)19-9(18-7)20-4-2-3-16-20/h2-4,6,21H,5H2,1H3,(H2,14,15,17,18,19). The van der Waals surface area contributed by atoms with Gasteiger partial charge in [0.2, 0.25) is 11.9 Å². The Kier molecular flexibility index (Phi) is 4.21. The molecule has 0 amide bonds. The van der Waals surface area contributed by atoms with Gasteiger partial charge in [-0.1, -0.05) is 0 Å². The Morgan fingerprint density at radius 3 is 2.57 bits per heavy atom. The van der Waals surface area contributed by atoms with E-state index in [1.54, 1.807) is 19.3 Å². The number of nitrogens with zero attached hydrogens (tertiary/aromatic N) is 5. The van der Waals surface area contributed by atoms with E-state index in [1.807, 2.05) is 0 Å². The number of hydrogen-bond acceptors (Lipinski definition) is 7. The van der Waals surface area contributed by atoms with Crippen LogP contribution in [0.2, 0.25) is 0 Å². The molecular weight excluding hydrogens is 291 g/mol. The van der Waals surface area contributed by atoms with E-state index in [2.05, 4.69) is 30.7 Å². The zero-order valence-corrected chi connectivity index (χ0v) is 10.8. The van der Waals surface area contributed by atoms with Gasteiger partial charge in [-0.05, 0) is 6.07 Å². The van der Waals surface area contributed by atoms with Gasteiger partial charge < -0.3 is 15.7 Å². The Balaban J connectivity index is 2.18. The van der Waals surface area contributed by atoms with Gasteiger partial charge in [0.25, 0.3) is 5.95 Å². The van der Waals surface area contributed by atoms with E-state index in [9.17, 15) is 13.2 Å². The lowest BCUT2D eigenvalue weighted by molar-refractivity contribution is -0.198. The van der Waals surface area contributed by atoms with Gasteiger partial charge in [0, 0.05) is 19.4 Å². The van der Waals surface area contributed by atoms with Crippen molar-refractivity contribution in [1.29, 1.82) is 0 Å². The van der Waals surface area contributed by atoms with Gasteiger partial charge in [-0.15, -0.1) is 0 Å². The molecule has 0 fully saturated rings. The highest BCUT2D eigenvalue weighted by Gasteiger charge is 2.38. The number of aromatic nitrogens is 5. The summed E-state index contributed by atoms with van der Waals surface area (Å²) in [4.78, 5) is 11.8. The molecule has 0 spiro atoms. The van der Waals surface area contributed by atoms with Gasteiger partial charge in [0.05, 0.1) is 6.54 Å². The summed E-state index contributed by atoms with van der Waals surface area (Å²) in [6, 6.07) is 1.64. The van der Waals surface area contributed by atoms with E-state index in [0.29, 0.717) is 0 Å². The summed E-state index contributed by atoms with van der Waals surface area (Å²) < 4.78 is 38.0. The van der Waals surface area contributed by atoms with Crippen molar-refractivity contribution in [2.75, 3.05) is 24.2 Å². The molecule has 8 nitrogen and oxygen atoms in total. The average molecular weight is 303 g/mol. The monoisotopic (exact) mass is 303 g/mol. The summed E-state index contributed by atoms with van der Waals surface area (Å²) >= 11 is 0. The van der Waals surface area contributed by atoms with Gasteiger partial charge in [0.1, 0.15) is 0 Å². The van der Waals surface area contributed by atoms with Crippen molar-refractivity contribution in [3.05, 3.63) is 18.5 Å². The van der Waals surface area contributed by atoms with Crippen LogP contribution in [-0.4, -0.2) is 55.7 Å². The largest absolute Gasteiger partial charge is 0.416 e. The van der Waals surface area contributed by atoms with Crippen molar-refractivity contribution in [3.8, 4) is 5.95 Å². The molecule has 0 radical (unpaired) electrons. The molecule has 2 aromatic heterocycles. The van der Waals surface area contributed by atoms with Crippen LogP contribution in [0.15, 0.2) is 18.5 Å². The molecule has 1 unspecified atom stereocenters. The first-order valence-corrected chi connectivity index (χ1v) is 5.82. The Morgan fingerprint density at radius 2 is 2.00 bits per heavy atom. The molecule has 2 heterocycles. The number of halogens is 3. The van der Waals surface area contributed by atoms with E-state index in [1.165, 1.54) is 10.9 Å².